The quantitative estimate of drug-likeness (QED) is 0.233. The Bertz CT molecular complexity index is 1660. The number of anilines is 3. The molecule has 13 heteroatoms. The molecular weight excluding hydrogens is 523 g/mol. The molecule has 0 spiro atoms. The smallest absolute Gasteiger partial charge is 0.404 e. The Labute approximate surface area is 218 Å². The van der Waals surface area contributed by atoms with Crippen LogP contribution in [0.5, 0.6) is 5.75 Å². The van der Waals surface area contributed by atoms with Gasteiger partial charge in [-0.05, 0) is 55.0 Å². The summed E-state index contributed by atoms with van der Waals surface area (Å²) >= 11 is 5.78. The monoisotopic (exact) mass is 539 g/mol. The lowest BCUT2D eigenvalue weighted by molar-refractivity contribution is -0.274. The number of pyridine rings is 1. The molecule has 0 saturated heterocycles. The topological polar surface area (TPSA) is 118 Å². The summed E-state index contributed by atoms with van der Waals surface area (Å²) < 4.78 is 41.9. The van der Waals surface area contributed by atoms with Gasteiger partial charge in [-0.2, -0.15) is 0 Å². The molecule has 0 aliphatic carbocycles. The zero-order chi connectivity index (χ0) is 26.9. The number of carbonyl (C=O) groups is 1. The number of amides is 1. The molecule has 0 atom stereocenters. The van der Waals surface area contributed by atoms with E-state index in [9.17, 15) is 18.0 Å². The summed E-state index contributed by atoms with van der Waals surface area (Å²) in [6, 6.07) is 12.1. The van der Waals surface area contributed by atoms with Gasteiger partial charge in [-0.15, -0.1) is 13.2 Å². The highest BCUT2D eigenvalue weighted by Gasteiger charge is 2.32. The van der Waals surface area contributed by atoms with Gasteiger partial charge >= 0.3 is 6.36 Å². The predicted molar refractivity (Wildman–Crippen MR) is 135 cm³/mol. The second-order valence-corrected chi connectivity index (χ2v) is 8.43. The number of H-pyrrole nitrogens is 1. The minimum Gasteiger partial charge on any atom is -0.404 e. The summed E-state index contributed by atoms with van der Waals surface area (Å²) in [5.74, 6) is -0.818. The summed E-state index contributed by atoms with van der Waals surface area (Å²) in [5.41, 5.74) is 4.27. The first-order valence-corrected chi connectivity index (χ1v) is 11.4. The van der Waals surface area contributed by atoms with Crippen LogP contribution in [0.2, 0.25) is 5.02 Å². The second-order valence-electron chi connectivity index (χ2n) is 8.02. The molecule has 38 heavy (non-hydrogen) atoms. The van der Waals surface area contributed by atoms with Crippen LogP contribution in [0, 0.1) is 6.92 Å². The first-order chi connectivity index (χ1) is 18.2. The number of hydrogen-bond acceptors (Lipinski definition) is 7. The number of fused-ring (bicyclic) bond motifs is 1. The molecule has 1 amide bonds. The summed E-state index contributed by atoms with van der Waals surface area (Å²) in [6.07, 6.45) is -0.380. The number of rotatable bonds is 6. The molecule has 3 heterocycles. The van der Waals surface area contributed by atoms with Crippen LogP contribution in [0.25, 0.3) is 22.4 Å². The van der Waals surface area contributed by atoms with E-state index in [1.165, 1.54) is 18.7 Å². The largest absolute Gasteiger partial charge is 0.573 e. The lowest BCUT2D eigenvalue weighted by Crippen LogP contribution is -2.18. The van der Waals surface area contributed by atoms with Crippen molar-refractivity contribution in [1.29, 1.82) is 0 Å². The van der Waals surface area contributed by atoms with Crippen molar-refractivity contribution in [1.82, 2.24) is 24.9 Å². The number of hydrogen-bond donors (Lipinski definition) is 3. The Balaban J connectivity index is 1.41. The third kappa shape index (κ3) is 5.34. The van der Waals surface area contributed by atoms with Crippen LogP contribution in [0.1, 0.15) is 15.9 Å². The standard InChI is InChI=1S/C25H17ClF3N7O2/c1-13-4-6-15(35-24(37)14-5-7-17(26)19(9-14)38-25(27,28)29)10-18(13)36-22-16(3-2-8-30-22)20-21-23(33-11-31-20)34-12-32-21/h2-12H,1H3,(H,30,36)(H,35,37)(H,31,32,33,34). The zero-order valence-electron chi connectivity index (χ0n) is 19.5. The number of alkyl halides is 3. The number of aromatic amines is 1. The first-order valence-electron chi connectivity index (χ1n) is 11.0. The van der Waals surface area contributed by atoms with Crippen molar-refractivity contribution < 1.29 is 22.7 Å². The van der Waals surface area contributed by atoms with Crippen LogP contribution in [0.15, 0.2) is 67.4 Å². The number of benzene rings is 2. The van der Waals surface area contributed by atoms with E-state index in [0.717, 1.165) is 17.7 Å². The molecule has 0 fully saturated rings. The average Bonchev–Trinajstić information content (AvgIpc) is 3.36. The fraction of sp³-hybridized carbons (Fsp3) is 0.0800. The van der Waals surface area contributed by atoms with Crippen molar-refractivity contribution in [2.75, 3.05) is 10.6 Å². The van der Waals surface area contributed by atoms with Gasteiger partial charge in [0.2, 0.25) is 0 Å². The molecule has 0 unspecified atom stereocenters. The first kappa shape index (κ1) is 25.0. The van der Waals surface area contributed by atoms with Crippen molar-refractivity contribution >= 4 is 45.9 Å². The summed E-state index contributed by atoms with van der Waals surface area (Å²) in [6.45, 7) is 1.87. The highest BCUT2D eigenvalue weighted by molar-refractivity contribution is 6.32. The second kappa shape index (κ2) is 9.98. The van der Waals surface area contributed by atoms with E-state index >= 15 is 0 Å². The lowest BCUT2D eigenvalue weighted by atomic mass is 10.1. The maximum absolute atomic E-state index is 12.8. The highest BCUT2D eigenvalue weighted by Crippen LogP contribution is 2.33. The number of nitrogens with one attached hydrogen (secondary N) is 3. The molecule has 192 valence electrons. The van der Waals surface area contributed by atoms with Gasteiger partial charge in [-0.3, -0.25) is 4.79 Å². The molecular formula is C25H17ClF3N7O2. The number of imidazole rings is 1. The summed E-state index contributed by atoms with van der Waals surface area (Å²) in [7, 11) is 0. The van der Waals surface area contributed by atoms with Crippen molar-refractivity contribution in [3.05, 3.63) is 83.5 Å². The number of ether oxygens (including phenoxy) is 1. The van der Waals surface area contributed by atoms with Gasteiger partial charge in [0.25, 0.3) is 5.91 Å². The lowest BCUT2D eigenvalue weighted by Gasteiger charge is -2.15. The molecule has 2 aromatic carbocycles. The summed E-state index contributed by atoms with van der Waals surface area (Å²) in [4.78, 5) is 33.0. The Kier molecular flexibility index (Phi) is 6.55. The Morgan fingerprint density at radius 1 is 1.05 bits per heavy atom. The Morgan fingerprint density at radius 2 is 1.89 bits per heavy atom. The van der Waals surface area contributed by atoms with Crippen LogP contribution < -0.4 is 15.4 Å². The van der Waals surface area contributed by atoms with E-state index in [-0.39, 0.29) is 10.6 Å². The molecule has 5 rings (SSSR count). The average molecular weight is 540 g/mol. The normalized spacial score (nSPS) is 11.4. The number of halogens is 4. The van der Waals surface area contributed by atoms with E-state index in [0.29, 0.717) is 39.6 Å². The molecule has 3 N–H and O–H groups in total. The molecule has 0 saturated carbocycles. The molecule has 3 aromatic heterocycles. The van der Waals surface area contributed by atoms with E-state index in [1.54, 1.807) is 30.5 Å². The minimum absolute atomic E-state index is 0.0666. The van der Waals surface area contributed by atoms with Crippen LogP contribution in [-0.4, -0.2) is 37.2 Å². The van der Waals surface area contributed by atoms with Crippen molar-refractivity contribution in [2.24, 2.45) is 0 Å². The molecule has 0 bridgehead atoms. The van der Waals surface area contributed by atoms with Gasteiger partial charge in [-0.25, -0.2) is 19.9 Å². The third-order valence-corrected chi connectivity index (χ3v) is 5.77. The van der Waals surface area contributed by atoms with Crippen molar-refractivity contribution in [3.8, 4) is 17.0 Å². The maximum atomic E-state index is 12.8. The fourth-order valence-electron chi connectivity index (χ4n) is 3.68. The minimum atomic E-state index is -4.95. The number of aryl methyl sites for hydroxylation is 1. The van der Waals surface area contributed by atoms with Gasteiger partial charge in [0, 0.05) is 28.7 Å². The van der Waals surface area contributed by atoms with Gasteiger partial charge in [0.05, 0.1) is 11.3 Å². The van der Waals surface area contributed by atoms with Crippen LogP contribution in [0.4, 0.5) is 30.4 Å². The van der Waals surface area contributed by atoms with Crippen LogP contribution in [0.3, 0.4) is 0 Å². The van der Waals surface area contributed by atoms with Crippen LogP contribution >= 0.6 is 11.6 Å². The van der Waals surface area contributed by atoms with E-state index in [1.807, 2.05) is 13.0 Å². The summed E-state index contributed by atoms with van der Waals surface area (Å²) in [5, 5.41) is 5.67. The molecule has 0 radical (unpaired) electrons. The Hall–Kier alpha value is -4.71. The molecule has 0 aliphatic heterocycles. The predicted octanol–water partition coefficient (Wildman–Crippen LogP) is 6.27. The van der Waals surface area contributed by atoms with Crippen molar-refractivity contribution in [3.63, 3.8) is 0 Å². The van der Waals surface area contributed by atoms with E-state index in [2.05, 4.69) is 40.3 Å². The molecule has 0 aliphatic rings. The number of aromatic nitrogens is 5. The fourth-order valence-corrected chi connectivity index (χ4v) is 3.83. The SMILES string of the molecule is Cc1ccc(NC(=O)c2ccc(Cl)c(OC(F)(F)F)c2)cc1Nc1ncccc1-c1ncnc2nc[nH]c12. The van der Waals surface area contributed by atoms with Crippen molar-refractivity contribution in [2.45, 2.75) is 13.3 Å². The highest BCUT2D eigenvalue weighted by atomic mass is 35.5. The van der Waals surface area contributed by atoms with Gasteiger partial charge in [0.15, 0.2) is 5.65 Å². The maximum Gasteiger partial charge on any atom is 0.573 e. The molecule has 5 aromatic rings. The van der Waals surface area contributed by atoms with E-state index < -0.39 is 18.0 Å². The molecule has 9 nitrogen and oxygen atoms in total. The van der Waals surface area contributed by atoms with E-state index in [4.69, 9.17) is 11.6 Å². The van der Waals surface area contributed by atoms with Gasteiger partial charge < -0.3 is 20.4 Å². The Morgan fingerprint density at radius 3 is 2.71 bits per heavy atom. The zero-order valence-corrected chi connectivity index (χ0v) is 20.2. The van der Waals surface area contributed by atoms with Gasteiger partial charge in [-0.1, -0.05) is 17.7 Å². The van der Waals surface area contributed by atoms with Gasteiger partial charge in [0.1, 0.15) is 29.1 Å². The third-order valence-electron chi connectivity index (χ3n) is 5.45. The number of nitrogens with zero attached hydrogens (tertiary/aromatic N) is 4. The number of carbonyl (C=O) groups excluding carboxylic acids is 1. The van der Waals surface area contributed by atoms with Crippen LogP contribution in [-0.2, 0) is 0 Å².